The molecule has 0 radical (unpaired) electrons. The molecule has 1 aromatic heterocycles. The van der Waals surface area contributed by atoms with Gasteiger partial charge >= 0.3 is 0 Å². The van der Waals surface area contributed by atoms with E-state index in [0.29, 0.717) is 36.6 Å². The Hall–Kier alpha value is -2.77. The van der Waals surface area contributed by atoms with Crippen molar-refractivity contribution in [3.05, 3.63) is 58.9 Å². The van der Waals surface area contributed by atoms with Crippen molar-refractivity contribution in [1.29, 1.82) is 0 Å². The summed E-state index contributed by atoms with van der Waals surface area (Å²) >= 11 is 0. The normalized spacial score (nSPS) is 19.5. The molecule has 0 spiro atoms. The number of pyridine rings is 1. The second-order valence-corrected chi connectivity index (χ2v) is 7.67. The van der Waals surface area contributed by atoms with Crippen LogP contribution in [0, 0.1) is 13.8 Å². The molecule has 0 bridgehead atoms. The minimum absolute atomic E-state index is 0.0141. The average molecular weight is 394 g/mol. The fourth-order valence-electron chi connectivity index (χ4n) is 3.91. The average Bonchev–Trinajstić information content (AvgIpc) is 2.74. The number of nitrogens with zero attached hydrogens (tertiary/aromatic N) is 3. The number of piperazine rings is 1. The molecule has 1 unspecified atom stereocenters. The summed E-state index contributed by atoms with van der Waals surface area (Å²) in [5.41, 5.74) is 3.30. The minimum atomic E-state index is -0.274. The number of nitrogens with one attached hydrogen (secondary N) is 1. The van der Waals surface area contributed by atoms with E-state index in [9.17, 15) is 9.59 Å². The first-order valence-corrected chi connectivity index (χ1v) is 9.97. The molecular formula is C22H26N4O3. The van der Waals surface area contributed by atoms with Crippen LogP contribution in [0.5, 0.6) is 0 Å². The third-order valence-corrected chi connectivity index (χ3v) is 5.68. The Kier molecular flexibility index (Phi) is 5.60. The SMILES string of the molecule is Cc1ccc(C(=O)N2CCN3CCOCC3C2)cc1NC(=O)c1ncccc1C. The molecular weight excluding hydrogens is 368 g/mol. The summed E-state index contributed by atoms with van der Waals surface area (Å²) in [6.45, 7) is 8.37. The predicted octanol–water partition coefficient (Wildman–Crippen LogP) is 2.11. The molecule has 1 N–H and O–H groups in total. The molecule has 2 fully saturated rings. The highest BCUT2D eigenvalue weighted by molar-refractivity contribution is 6.05. The quantitative estimate of drug-likeness (QED) is 0.863. The number of ether oxygens (including phenoxy) is 1. The molecule has 29 heavy (non-hydrogen) atoms. The number of rotatable bonds is 3. The van der Waals surface area contributed by atoms with E-state index in [0.717, 1.165) is 30.8 Å². The molecule has 2 aliphatic heterocycles. The van der Waals surface area contributed by atoms with Crippen LogP contribution in [0.4, 0.5) is 5.69 Å². The van der Waals surface area contributed by atoms with Gasteiger partial charge in [0.15, 0.2) is 0 Å². The standard InChI is InChI=1S/C22H26N4O3/c1-15-5-6-17(12-19(15)24-21(27)20-16(2)4-3-7-23-20)22(28)26-9-8-25-10-11-29-14-18(25)13-26/h3-7,12,18H,8-11,13-14H2,1-2H3,(H,24,27). The predicted molar refractivity (Wildman–Crippen MR) is 110 cm³/mol. The van der Waals surface area contributed by atoms with Crippen LogP contribution in [0.25, 0.3) is 0 Å². The summed E-state index contributed by atoms with van der Waals surface area (Å²) in [5.74, 6) is -0.288. The molecule has 1 atom stereocenters. The maximum absolute atomic E-state index is 13.1. The number of benzene rings is 1. The van der Waals surface area contributed by atoms with E-state index in [1.807, 2.05) is 36.9 Å². The van der Waals surface area contributed by atoms with Gasteiger partial charge in [0, 0.05) is 43.6 Å². The van der Waals surface area contributed by atoms with Crippen LogP contribution in [0.2, 0.25) is 0 Å². The monoisotopic (exact) mass is 394 g/mol. The Bertz CT molecular complexity index is 930. The molecule has 2 aliphatic rings. The lowest BCUT2D eigenvalue weighted by Gasteiger charge is -2.43. The highest BCUT2D eigenvalue weighted by Gasteiger charge is 2.32. The van der Waals surface area contributed by atoms with Gasteiger partial charge in [-0.25, -0.2) is 0 Å². The van der Waals surface area contributed by atoms with Crippen molar-refractivity contribution < 1.29 is 14.3 Å². The molecule has 2 saturated heterocycles. The molecule has 2 amide bonds. The molecule has 3 heterocycles. The smallest absolute Gasteiger partial charge is 0.274 e. The second-order valence-electron chi connectivity index (χ2n) is 7.67. The fourth-order valence-corrected chi connectivity index (χ4v) is 3.91. The first-order chi connectivity index (χ1) is 14.0. The molecule has 7 nitrogen and oxygen atoms in total. The Labute approximate surface area is 170 Å². The van der Waals surface area contributed by atoms with E-state index in [1.165, 1.54) is 0 Å². The highest BCUT2D eigenvalue weighted by atomic mass is 16.5. The summed E-state index contributed by atoms with van der Waals surface area (Å²) < 4.78 is 5.57. The molecule has 152 valence electrons. The van der Waals surface area contributed by atoms with E-state index in [4.69, 9.17) is 4.74 Å². The van der Waals surface area contributed by atoms with Crippen molar-refractivity contribution in [3.63, 3.8) is 0 Å². The van der Waals surface area contributed by atoms with E-state index in [2.05, 4.69) is 15.2 Å². The number of anilines is 1. The summed E-state index contributed by atoms with van der Waals surface area (Å²) in [6, 6.07) is 9.37. The van der Waals surface area contributed by atoms with Crippen LogP contribution in [0.3, 0.4) is 0 Å². The van der Waals surface area contributed by atoms with Gasteiger partial charge in [0.2, 0.25) is 0 Å². The van der Waals surface area contributed by atoms with Gasteiger partial charge in [-0.05, 0) is 43.2 Å². The van der Waals surface area contributed by atoms with E-state index in [1.54, 1.807) is 18.3 Å². The van der Waals surface area contributed by atoms with Crippen molar-refractivity contribution in [1.82, 2.24) is 14.8 Å². The molecule has 0 aliphatic carbocycles. The summed E-state index contributed by atoms with van der Waals surface area (Å²) in [5, 5.41) is 2.91. The Morgan fingerprint density at radius 2 is 2.00 bits per heavy atom. The number of aromatic nitrogens is 1. The van der Waals surface area contributed by atoms with Gasteiger partial charge in [-0.1, -0.05) is 12.1 Å². The van der Waals surface area contributed by atoms with Crippen molar-refractivity contribution >= 4 is 17.5 Å². The van der Waals surface area contributed by atoms with Crippen LogP contribution >= 0.6 is 0 Å². The van der Waals surface area contributed by atoms with Crippen LogP contribution in [-0.4, -0.2) is 72.0 Å². The van der Waals surface area contributed by atoms with Gasteiger partial charge in [0.05, 0.1) is 19.3 Å². The zero-order valence-electron chi connectivity index (χ0n) is 16.9. The Morgan fingerprint density at radius 3 is 2.83 bits per heavy atom. The number of morpholine rings is 1. The van der Waals surface area contributed by atoms with Crippen LogP contribution in [-0.2, 0) is 4.74 Å². The molecule has 0 saturated carbocycles. The van der Waals surface area contributed by atoms with Crippen molar-refractivity contribution in [3.8, 4) is 0 Å². The number of carbonyl (C=O) groups is 2. The first kappa shape index (κ1) is 19.5. The van der Waals surface area contributed by atoms with Gasteiger partial charge in [-0.2, -0.15) is 0 Å². The fraction of sp³-hybridized carbons (Fsp3) is 0.409. The zero-order valence-corrected chi connectivity index (χ0v) is 16.9. The van der Waals surface area contributed by atoms with Gasteiger partial charge < -0.3 is 15.0 Å². The Morgan fingerprint density at radius 1 is 1.14 bits per heavy atom. The topological polar surface area (TPSA) is 74.8 Å². The van der Waals surface area contributed by atoms with Gasteiger partial charge in [0.25, 0.3) is 11.8 Å². The number of aryl methyl sites for hydroxylation is 2. The maximum atomic E-state index is 13.1. The molecule has 4 rings (SSSR count). The largest absolute Gasteiger partial charge is 0.378 e. The van der Waals surface area contributed by atoms with Gasteiger partial charge in [-0.3, -0.25) is 19.5 Å². The molecule has 1 aromatic carbocycles. The van der Waals surface area contributed by atoms with Crippen LogP contribution in [0.1, 0.15) is 32.0 Å². The van der Waals surface area contributed by atoms with Crippen LogP contribution < -0.4 is 5.32 Å². The molecule has 2 aromatic rings. The van der Waals surface area contributed by atoms with Crippen molar-refractivity contribution in [2.24, 2.45) is 0 Å². The minimum Gasteiger partial charge on any atom is -0.378 e. The molecule has 7 heteroatoms. The summed E-state index contributed by atoms with van der Waals surface area (Å²) in [4.78, 5) is 34.2. The van der Waals surface area contributed by atoms with Crippen molar-refractivity contribution in [2.75, 3.05) is 44.7 Å². The third-order valence-electron chi connectivity index (χ3n) is 5.68. The maximum Gasteiger partial charge on any atom is 0.274 e. The summed E-state index contributed by atoms with van der Waals surface area (Å²) in [7, 11) is 0. The van der Waals surface area contributed by atoms with E-state index in [-0.39, 0.29) is 17.9 Å². The number of fused-ring (bicyclic) bond motifs is 1. The van der Waals surface area contributed by atoms with Gasteiger partial charge in [-0.15, -0.1) is 0 Å². The van der Waals surface area contributed by atoms with Gasteiger partial charge in [0.1, 0.15) is 5.69 Å². The second kappa shape index (κ2) is 8.31. The number of carbonyl (C=O) groups excluding carboxylic acids is 2. The number of amides is 2. The third kappa shape index (κ3) is 4.16. The summed E-state index contributed by atoms with van der Waals surface area (Å²) in [6.07, 6.45) is 1.60. The lowest BCUT2D eigenvalue weighted by atomic mass is 10.1. The first-order valence-electron chi connectivity index (χ1n) is 9.97. The van der Waals surface area contributed by atoms with Crippen LogP contribution in [0.15, 0.2) is 36.5 Å². The number of hydrogen-bond donors (Lipinski definition) is 1. The zero-order chi connectivity index (χ0) is 20.4. The van der Waals surface area contributed by atoms with E-state index < -0.39 is 0 Å². The lowest BCUT2D eigenvalue weighted by Crippen LogP contribution is -2.59. The lowest BCUT2D eigenvalue weighted by molar-refractivity contribution is -0.0395. The van der Waals surface area contributed by atoms with E-state index >= 15 is 0 Å². The number of hydrogen-bond acceptors (Lipinski definition) is 5. The van der Waals surface area contributed by atoms with Crippen molar-refractivity contribution in [2.45, 2.75) is 19.9 Å². The highest BCUT2D eigenvalue weighted by Crippen LogP contribution is 2.21. The Balaban J connectivity index is 1.50.